The Balaban J connectivity index is 0.00000176. The fraction of sp³-hybridized carbons (Fsp3) is 0.185. The number of benzene rings is 2. The fourth-order valence-electron chi connectivity index (χ4n) is 3.60. The number of nitrogens with one attached hydrogen (secondary N) is 2. The highest BCUT2D eigenvalue weighted by Crippen LogP contribution is 2.36. The van der Waals surface area contributed by atoms with Gasteiger partial charge in [-0.15, -0.1) is 0 Å². The Morgan fingerprint density at radius 1 is 1.06 bits per heavy atom. The second-order valence-electron chi connectivity index (χ2n) is 7.50. The third-order valence-electron chi connectivity index (χ3n) is 5.26. The van der Waals surface area contributed by atoms with E-state index in [4.69, 9.17) is 0 Å². The van der Waals surface area contributed by atoms with Gasteiger partial charge in [0.2, 0.25) is 5.95 Å². The average Bonchev–Trinajstić information content (AvgIpc) is 2.89. The Morgan fingerprint density at radius 3 is 2.44 bits per heavy atom. The van der Waals surface area contributed by atoms with Gasteiger partial charge in [0.25, 0.3) is 5.56 Å². The molecule has 0 aliphatic carbocycles. The quantitative estimate of drug-likeness (QED) is 0.340. The smallest absolute Gasteiger partial charge is 0.350 e. The van der Waals surface area contributed by atoms with E-state index in [0.717, 1.165) is 17.7 Å². The Hall–Kier alpha value is -4.45. The lowest BCUT2D eigenvalue weighted by Gasteiger charge is -2.15. The Kier molecular flexibility index (Phi) is 8.22. The number of nitrogens with zero attached hydrogens (tertiary/aromatic N) is 3. The van der Waals surface area contributed by atoms with Crippen LogP contribution in [0.2, 0.25) is 0 Å². The summed E-state index contributed by atoms with van der Waals surface area (Å²) in [4.78, 5) is 23.8. The van der Waals surface area contributed by atoms with E-state index in [0.29, 0.717) is 29.3 Å². The minimum Gasteiger partial charge on any atom is -0.350 e. The lowest BCUT2D eigenvalue weighted by atomic mass is 9.95. The molecule has 9 heteroatoms. The van der Waals surface area contributed by atoms with E-state index in [1.807, 2.05) is 50.2 Å². The van der Waals surface area contributed by atoms with Gasteiger partial charge >= 0.3 is 6.18 Å². The van der Waals surface area contributed by atoms with E-state index in [9.17, 15) is 23.2 Å². The van der Waals surface area contributed by atoms with Crippen LogP contribution in [0.3, 0.4) is 0 Å². The molecule has 0 radical (unpaired) electrons. The molecule has 36 heavy (non-hydrogen) atoms. The van der Waals surface area contributed by atoms with Crippen LogP contribution in [-0.2, 0) is 12.7 Å². The average molecular weight is 492 g/mol. The molecule has 0 saturated carbocycles. The predicted molar refractivity (Wildman–Crippen MR) is 133 cm³/mol. The number of aromatic amines is 1. The van der Waals surface area contributed by atoms with Crippen molar-refractivity contribution in [3.05, 3.63) is 99.5 Å². The molecule has 2 heterocycles. The zero-order valence-corrected chi connectivity index (χ0v) is 19.9. The highest BCUT2D eigenvalue weighted by atomic mass is 19.4. The summed E-state index contributed by atoms with van der Waals surface area (Å²) in [5.41, 5.74) is 0.623. The maximum atomic E-state index is 13.3. The largest absolute Gasteiger partial charge is 0.416 e. The maximum Gasteiger partial charge on any atom is 0.416 e. The van der Waals surface area contributed by atoms with Crippen molar-refractivity contribution in [2.24, 2.45) is 0 Å². The lowest BCUT2D eigenvalue weighted by Crippen LogP contribution is -2.15. The van der Waals surface area contributed by atoms with Gasteiger partial charge in [-0.3, -0.25) is 4.79 Å². The molecule has 0 bridgehead atoms. The van der Waals surface area contributed by atoms with E-state index >= 15 is 0 Å². The van der Waals surface area contributed by atoms with Crippen molar-refractivity contribution in [2.45, 2.75) is 33.5 Å². The van der Waals surface area contributed by atoms with Gasteiger partial charge < -0.3 is 10.3 Å². The van der Waals surface area contributed by atoms with Crippen molar-refractivity contribution in [1.82, 2.24) is 15.0 Å². The topological polar surface area (TPSA) is 94.5 Å². The van der Waals surface area contributed by atoms with E-state index in [1.54, 1.807) is 13.0 Å². The molecule has 184 valence electrons. The summed E-state index contributed by atoms with van der Waals surface area (Å²) in [6, 6.07) is 17.7. The Bertz CT molecular complexity index is 1440. The molecule has 4 aromatic rings. The van der Waals surface area contributed by atoms with Crippen molar-refractivity contribution in [2.75, 3.05) is 5.32 Å². The first-order valence-electron chi connectivity index (χ1n) is 11.2. The molecule has 0 saturated heterocycles. The number of alkyl halides is 3. The van der Waals surface area contributed by atoms with Crippen molar-refractivity contribution < 1.29 is 13.2 Å². The minimum absolute atomic E-state index is 0.136. The lowest BCUT2D eigenvalue weighted by molar-refractivity contribution is -0.137. The number of halogens is 3. The summed E-state index contributed by atoms with van der Waals surface area (Å²) in [6.07, 6.45) is -3.05. The molecule has 0 atom stereocenters. The minimum atomic E-state index is -4.55. The van der Waals surface area contributed by atoms with Gasteiger partial charge in [0.15, 0.2) is 0 Å². The predicted octanol–water partition coefficient (Wildman–Crippen LogP) is 6.34. The van der Waals surface area contributed by atoms with Crippen LogP contribution in [0.25, 0.3) is 22.5 Å². The molecule has 2 aromatic carbocycles. The second kappa shape index (κ2) is 11.3. The number of hydrogen-bond acceptors (Lipinski definition) is 5. The number of rotatable bonds is 5. The number of pyridine rings is 1. The normalized spacial score (nSPS) is 10.7. The molecular weight excluding hydrogens is 467 g/mol. The van der Waals surface area contributed by atoms with Crippen LogP contribution in [0.15, 0.2) is 71.7 Å². The first-order chi connectivity index (χ1) is 17.3. The molecule has 4 rings (SSSR count). The van der Waals surface area contributed by atoms with Crippen LogP contribution >= 0.6 is 0 Å². The highest BCUT2D eigenvalue weighted by Gasteiger charge is 2.31. The third-order valence-corrected chi connectivity index (χ3v) is 5.26. The number of anilines is 1. The maximum absolute atomic E-state index is 13.3. The number of nitriles is 1. The molecule has 2 aromatic heterocycles. The van der Waals surface area contributed by atoms with E-state index < -0.39 is 17.3 Å². The summed E-state index contributed by atoms with van der Waals surface area (Å²) in [7, 11) is 0. The van der Waals surface area contributed by atoms with Crippen LogP contribution in [0.4, 0.5) is 19.1 Å². The van der Waals surface area contributed by atoms with Crippen LogP contribution in [0.5, 0.6) is 0 Å². The van der Waals surface area contributed by atoms with Crippen LogP contribution in [0, 0.1) is 18.3 Å². The van der Waals surface area contributed by atoms with Gasteiger partial charge in [-0.1, -0.05) is 56.3 Å². The molecular formula is C27H24F3N5O. The molecule has 0 amide bonds. The summed E-state index contributed by atoms with van der Waals surface area (Å²) >= 11 is 0. The number of hydrogen-bond donors (Lipinski definition) is 2. The van der Waals surface area contributed by atoms with Crippen LogP contribution in [-0.4, -0.2) is 15.0 Å². The van der Waals surface area contributed by atoms with E-state index in [1.165, 1.54) is 18.3 Å². The first kappa shape index (κ1) is 26.2. The fourth-order valence-corrected chi connectivity index (χ4v) is 3.60. The first-order valence-corrected chi connectivity index (χ1v) is 11.2. The summed E-state index contributed by atoms with van der Waals surface area (Å²) in [6.45, 7) is 6.03. The molecule has 0 unspecified atom stereocenters. The number of aromatic nitrogens is 3. The second-order valence-corrected chi connectivity index (χ2v) is 7.50. The zero-order chi connectivity index (χ0) is 26.3. The van der Waals surface area contributed by atoms with Crippen LogP contribution < -0.4 is 10.9 Å². The van der Waals surface area contributed by atoms with E-state index in [-0.39, 0.29) is 16.8 Å². The molecule has 0 spiro atoms. The van der Waals surface area contributed by atoms with Crippen LogP contribution in [0.1, 0.15) is 36.1 Å². The number of H-pyrrole nitrogens is 1. The molecule has 2 N–H and O–H groups in total. The molecule has 0 fully saturated rings. The third kappa shape index (κ3) is 5.78. The van der Waals surface area contributed by atoms with Gasteiger partial charge in [-0.05, 0) is 41.8 Å². The molecule has 6 nitrogen and oxygen atoms in total. The summed E-state index contributed by atoms with van der Waals surface area (Å²) in [5.74, 6) is 0.292. The summed E-state index contributed by atoms with van der Waals surface area (Å²) in [5, 5.41) is 12.6. The monoisotopic (exact) mass is 491 g/mol. The van der Waals surface area contributed by atoms with Crippen molar-refractivity contribution >= 4 is 5.95 Å². The van der Waals surface area contributed by atoms with Gasteiger partial charge in [0.05, 0.1) is 17.0 Å². The van der Waals surface area contributed by atoms with Gasteiger partial charge in [-0.2, -0.15) is 18.4 Å². The van der Waals surface area contributed by atoms with Gasteiger partial charge in [0, 0.05) is 18.3 Å². The zero-order valence-electron chi connectivity index (χ0n) is 19.9. The van der Waals surface area contributed by atoms with Gasteiger partial charge in [-0.25, -0.2) is 9.97 Å². The highest BCUT2D eigenvalue weighted by molar-refractivity contribution is 5.83. The standard InChI is InChI=1S/C25H18F3N5O.C2H6/c1-15-19(13-29)23(34)33-22(17-8-5-9-18(12-17)25(26,27)28)21(15)20-10-11-30-24(32-20)31-14-16-6-3-2-4-7-16;1-2/h2-12H,14H2,1H3,(H,33,34)(H,30,31,32);1-2H3. The molecule has 0 aliphatic heterocycles. The van der Waals surface area contributed by atoms with Crippen molar-refractivity contribution in [3.8, 4) is 28.6 Å². The van der Waals surface area contributed by atoms with E-state index in [2.05, 4.69) is 20.3 Å². The molecule has 0 aliphatic rings. The summed E-state index contributed by atoms with van der Waals surface area (Å²) < 4.78 is 40.0. The van der Waals surface area contributed by atoms with Gasteiger partial charge in [0.1, 0.15) is 11.6 Å². The van der Waals surface area contributed by atoms with Crippen molar-refractivity contribution in [1.29, 1.82) is 5.26 Å². The Labute approximate surface area is 206 Å². The van der Waals surface area contributed by atoms with Crippen molar-refractivity contribution in [3.63, 3.8) is 0 Å². The Morgan fingerprint density at radius 2 is 1.78 bits per heavy atom. The SMILES string of the molecule is CC.Cc1c(-c2ccnc(NCc3ccccc3)n2)c(-c2cccc(C(F)(F)F)c2)[nH]c(=O)c1C#N.